The summed E-state index contributed by atoms with van der Waals surface area (Å²) in [4.78, 5) is 8.05. The molecule has 0 aliphatic rings. The monoisotopic (exact) mass is 310 g/mol. The summed E-state index contributed by atoms with van der Waals surface area (Å²) in [5.41, 5.74) is 0. The first-order valence-electron chi connectivity index (χ1n) is 5.09. The van der Waals surface area contributed by atoms with Crippen molar-refractivity contribution in [3.8, 4) is 23.3 Å². The van der Waals surface area contributed by atoms with Crippen LogP contribution >= 0.6 is 15.9 Å². The van der Waals surface area contributed by atoms with Crippen molar-refractivity contribution in [2.24, 2.45) is 0 Å². The average Bonchev–Trinajstić information content (AvgIpc) is 2.41. The number of hydrogen-bond donors (Lipinski definition) is 0. The highest BCUT2D eigenvalue weighted by molar-refractivity contribution is 9.10. The fourth-order valence-electron chi connectivity index (χ4n) is 1.30. The van der Waals surface area contributed by atoms with Gasteiger partial charge in [-0.25, -0.2) is 9.97 Å². The average molecular weight is 311 g/mol. The molecule has 0 spiro atoms. The molecule has 1 heterocycles. The van der Waals surface area contributed by atoms with Crippen molar-refractivity contribution in [2.75, 3.05) is 14.2 Å². The van der Waals surface area contributed by atoms with E-state index in [4.69, 9.17) is 14.2 Å². The van der Waals surface area contributed by atoms with Gasteiger partial charge in [0.2, 0.25) is 0 Å². The Hall–Kier alpha value is -1.82. The minimum atomic E-state index is 0.258. The molecule has 2 aromatic rings. The Morgan fingerprint density at radius 2 is 1.39 bits per heavy atom. The van der Waals surface area contributed by atoms with Gasteiger partial charge >= 0.3 is 6.01 Å². The molecule has 1 aromatic heterocycles. The summed E-state index contributed by atoms with van der Waals surface area (Å²) in [7, 11) is 3.16. The van der Waals surface area contributed by atoms with Crippen molar-refractivity contribution in [3.63, 3.8) is 0 Å². The maximum atomic E-state index is 5.52. The topological polar surface area (TPSA) is 53.5 Å². The summed E-state index contributed by atoms with van der Waals surface area (Å²) in [6.45, 7) is 0. The van der Waals surface area contributed by atoms with Crippen molar-refractivity contribution in [1.29, 1.82) is 0 Å². The summed E-state index contributed by atoms with van der Waals surface area (Å²) >= 11 is 3.26. The molecule has 1 aromatic carbocycles. The minimum absolute atomic E-state index is 0.258. The maximum Gasteiger partial charge on any atom is 0.321 e. The number of benzene rings is 1. The van der Waals surface area contributed by atoms with E-state index in [0.717, 1.165) is 4.47 Å². The van der Waals surface area contributed by atoms with Gasteiger partial charge in [0, 0.05) is 30.6 Å². The van der Waals surface area contributed by atoms with Crippen LogP contribution in [-0.4, -0.2) is 24.2 Å². The van der Waals surface area contributed by atoms with Gasteiger partial charge in [-0.1, -0.05) is 0 Å². The first-order valence-corrected chi connectivity index (χ1v) is 5.89. The van der Waals surface area contributed by atoms with Crippen LogP contribution in [-0.2, 0) is 0 Å². The number of rotatable bonds is 4. The lowest BCUT2D eigenvalue weighted by molar-refractivity contribution is 0.382. The molecule has 0 radical (unpaired) electrons. The molecule has 6 heteroatoms. The van der Waals surface area contributed by atoms with E-state index in [1.807, 2.05) is 0 Å². The van der Waals surface area contributed by atoms with E-state index in [1.165, 1.54) is 0 Å². The fourth-order valence-corrected chi connectivity index (χ4v) is 1.50. The van der Waals surface area contributed by atoms with E-state index in [-0.39, 0.29) is 6.01 Å². The Morgan fingerprint density at radius 1 is 0.889 bits per heavy atom. The van der Waals surface area contributed by atoms with Gasteiger partial charge in [0.05, 0.1) is 18.7 Å². The van der Waals surface area contributed by atoms with Crippen LogP contribution in [0.25, 0.3) is 0 Å². The second kappa shape index (κ2) is 5.68. The molecule has 0 aliphatic carbocycles. The van der Waals surface area contributed by atoms with Crippen molar-refractivity contribution < 1.29 is 14.2 Å². The second-order valence-electron chi connectivity index (χ2n) is 3.33. The highest BCUT2D eigenvalue weighted by atomic mass is 79.9. The zero-order valence-corrected chi connectivity index (χ0v) is 11.5. The molecule has 0 bridgehead atoms. The number of aromatic nitrogens is 2. The van der Waals surface area contributed by atoms with Crippen molar-refractivity contribution >= 4 is 15.9 Å². The van der Waals surface area contributed by atoms with Crippen molar-refractivity contribution in [3.05, 3.63) is 35.1 Å². The quantitative estimate of drug-likeness (QED) is 0.868. The molecule has 0 fully saturated rings. The van der Waals surface area contributed by atoms with Crippen LogP contribution in [0.15, 0.2) is 35.1 Å². The minimum Gasteiger partial charge on any atom is -0.496 e. The van der Waals surface area contributed by atoms with Crippen LogP contribution in [0.2, 0.25) is 0 Å². The number of ether oxygens (including phenoxy) is 3. The van der Waals surface area contributed by atoms with Crippen LogP contribution < -0.4 is 14.2 Å². The SMILES string of the molecule is COc1cc(OC)cc(Oc2ncc(Br)cn2)c1. The second-order valence-corrected chi connectivity index (χ2v) is 4.25. The van der Waals surface area contributed by atoms with Gasteiger partial charge in [-0.05, 0) is 15.9 Å². The normalized spacial score (nSPS) is 9.94. The predicted octanol–water partition coefficient (Wildman–Crippen LogP) is 3.05. The van der Waals surface area contributed by atoms with Gasteiger partial charge in [0.15, 0.2) is 0 Å². The Kier molecular flexibility index (Phi) is 3.99. The van der Waals surface area contributed by atoms with Crippen molar-refractivity contribution in [2.45, 2.75) is 0 Å². The van der Waals surface area contributed by atoms with Gasteiger partial charge in [-0.3, -0.25) is 0 Å². The Morgan fingerprint density at radius 3 is 1.89 bits per heavy atom. The fraction of sp³-hybridized carbons (Fsp3) is 0.167. The zero-order valence-electron chi connectivity index (χ0n) is 9.88. The maximum absolute atomic E-state index is 5.52. The van der Waals surface area contributed by atoms with E-state index >= 15 is 0 Å². The smallest absolute Gasteiger partial charge is 0.321 e. The number of methoxy groups -OCH3 is 2. The Bertz CT molecular complexity index is 509. The molecule has 0 saturated carbocycles. The third kappa shape index (κ3) is 3.10. The molecule has 0 amide bonds. The van der Waals surface area contributed by atoms with Crippen LogP contribution in [0.1, 0.15) is 0 Å². The largest absolute Gasteiger partial charge is 0.496 e. The molecule has 0 unspecified atom stereocenters. The summed E-state index contributed by atoms with van der Waals surface area (Å²) in [6, 6.07) is 5.48. The van der Waals surface area contributed by atoms with E-state index in [0.29, 0.717) is 17.2 Å². The molecule has 5 nitrogen and oxygen atoms in total. The molecule has 0 saturated heterocycles. The van der Waals surface area contributed by atoms with Crippen LogP contribution in [0.4, 0.5) is 0 Å². The van der Waals surface area contributed by atoms with Gasteiger partial charge < -0.3 is 14.2 Å². The molecule has 0 aliphatic heterocycles. The molecular formula is C12H11BrN2O3. The highest BCUT2D eigenvalue weighted by Gasteiger charge is 2.05. The standard InChI is InChI=1S/C12H11BrN2O3/c1-16-9-3-10(17-2)5-11(4-9)18-12-14-6-8(13)7-15-12/h3-7H,1-2H3. The first-order chi connectivity index (χ1) is 8.71. The summed E-state index contributed by atoms with van der Waals surface area (Å²) in [5, 5.41) is 0. The van der Waals surface area contributed by atoms with E-state index in [9.17, 15) is 0 Å². The van der Waals surface area contributed by atoms with Crippen LogP contribution in [0, 0.1) is 0 Å². The number of nitrogens with zero attached hydrogens (tertiary/aromatic N) is 2. The highest BCUT2D eigenvalue weighted by Crippen LogP contribution is 2.29. The van der Waals surface area contributed by atoms with Crippen LogP contribution in [0.3, 0.4) is 0 Å². The molecule has 0 atom stereocenters. The molecule has 18 heavy (non-hydrogen) atoms. The first kappa shape index (κ1) is 12.6. The lowest BCUT2D eigenvalue weighted by Gasteiger charge is -2.08. The van der Waals surface area contributed by atoms with Gasteiger partial charge in [0.25, 0.3) is 0 Å². The lowest BCUT2D eigenvalue weighted by Crippen LogP contribution is -1.93. The third-order valence-electron chi connectivity index (χ3n) is 2.13. The Balaban J connectivity index is 2.25. The van der Waals surface area contributed by atoms with Gasteiger partial charge in [-0.15, -0.1) is 0 Å². The molecular weight excluding hydrogens is 300 g/mol. The Labute approximate surface area is 113 Å². The molecule has 2 rings (SSSR count). The summed E-state index contributed by atoms with van der Waals surface area (Å²) in [6.07, 6.45) is 3.22. The lowest BCUT2D eigenvalue weighted by atomic mass is 10.3. The third-order valence-corrected chi connectivity index (χ3v) is 2.54. The van der Waals surface area contributed by atoms with Crippen molar-refractivity contribution in [1.82, 2.24) is 9.97 Å². The number of hydrogen-bond acceptors (Lipinski definition) is 5. The van der Waals surface area contributed by atoms with Gasteiger partial charge in [0.1, 0.15) is 17.2 Å². The summed E-state index contributed by atoms with van der Waals surface area (Å²) < 4.78 is 16.6. The van der Waals surface area contributed by atoms with E-state index in [1.54, 1.807) is 44.8 Å². The summed E-state index contributed by atoms with van der Waals surface area (Å²) in [5.74, 6) is 1.83. The van der Waals surface area contributed by atoms with E-state index < -0.39 is 0 Å². The van der Waals surface area contributed by atoms with E-state index in [2.05, 4.69) is 25.9 Å². The number of halogens is 1. The molecule has 94 valence electrons. The predicted molar refractivity (Wildman–Crippen MR) is 69.4 cm³/mol. The zero-order chi connectivity index (χ0) is 13.0. The van der Waals surface area contributed by atoms with Crippen LogP contribution in [0.5, 0.6) is 23.3 Å². The molecule has 0 N–H and O–H groups in total. The van der Waals surface area contributed by atoms with Gasteiger partial charge in [-0.2, -0.15) is 0 Å².